The van der Waals surface area contributed by atoms with Gasteiger partial charge in [0.15, 0.2) is 0 Å². The summed E-state index contributed by atoms with van der Waals surface area (Å²) in [5.74, 6) is 0.788. The summed E-state index contributed by atoms with van der Waals surface area (Å²) in [4.78, 5) is 28.6. The van der Waals surface area contributed by atoms with E-state index in [1.54, 1.807) is 6.07 Å². The molecular formula is C15H21N5O3. The maximum Gasteiger partial charge on any atom is 0.287 e. The number of carbonyl (C=O) groups is 1. The summed E-state index contributed by atoms with van der Waals surface area (Å²) in [7, 11) is 0. The normalized spacial score (nSPS) is 24.4. The summed E-state index contributed by atoms with van der Waals surface area (Å²) >= 11 is 0. The Hall–Kier alpha value is -2.22. The lowest BCUT2D eigenvalue weighted by Gasteiger charge is -2.27. The van der Waals surface area contributed by atoms with E-state index in [4.69, 9.17) is 0 Å². The molecule has 0 aromatic carbocycles. The highest BCUT2D eigenvalue weighted by Crippen LogP contribution is 2.19. The van der Waals surface area contributed by atoms with Gasteiger partial charge in [0.05, 0.1) is 11.0 Å². The number of piperidine rings is 1. The van der Waals surface area contributed by atoms with Crippen molar-refractivity contribution >= 4 is 17.4 Å². The van der Waals surface area contributed by atoms with Gasteiger partial charge in [-0.15, -0.1) is 0 Å². The van der Waals surface area contributed by atoms with Crippen molar-refractivity contribution < 1.29 is 9.72 Å². The van der Waals surface area contributed by atoms with Crippen LogP contribution in [0.2, 0.25) is 0 Å². The van der Waals surface area contributed by atoms with Crippen LogP contribution in [0.5, 0.6) is 0 Å². The van der Waals surface area contributed by atoms with E-state index in [-0.39, 0.29) is 23.7 Å². The number of hydrogen-bond donors (Lipinski definition) is 2. The lowest BCUT2D eigenvalue weighted by molar-refractivity contribution is -0.385. The third-order valence-electron chi connectivity index (χ3n) is 4.42. The summed E-state index contributed by atoms with van der Waals surface area (Å²) in [5, 5.41) is 17.2. The molecule has 0 radical (unpaired) electrons. The molecule has 23 heavy (non-hydrogen) atoms. The maximum absolute atomic E-state index is 12.5. The molecule has 2 fully saturated rings. The van der Waals surface area contributed by atoms with Crippen LogP contribution >= 0.6 is 0 Å². The standard InChI is InChI=1S/C15H21N5O3/c21-15(13-3-1-2-7-16-13)19-8-6-11(10-19)18-14-5-4-12(9-17-14)20(22)23/h4-5,9,11,13,16H,1-3,6-8,10H2,(H,17,18)/t11?,13-/m1/s1. The van der Waals surface area contributed by atoms with Gasteiger partial charge in [-0.3, -0.25) is 14.9 Å². The van der Waals surface area contributed by atoms with E-state index >= 15 is 0 Å². The van der Waals surface area contributed by atoms with E-state index < -0.39 is 4.92 Å². The lowest BCUT2D eigenvalue weighted by Crippen LogP contribution is -2.48. The van der Waals surface area contributed by atoms with Crippen molar-refractivity contribution in [3.05, 3.63) is 28.4 Å². The molecule has 1 aromatic rings. The molecule has 3 rings (SSSR count). The largest absolute Gasteiger partial charge is 0.365 e. The second-order valence-electron chi connectivity index (χ2n) is 6.08. The molecule has 124 valence electrons. The molecule has 0 saturated carbocycles. The van der Waals surface area contributed by atoms with Gasteiger partial charge < -0.3 is 15.5 Å². The van der Waals surface area contributed by atoms with Crippen LogP contribution in [0.1, 0.15) is 25.7 Å². The van der Waals surface area contributed by atoms with Crippen LogP contribution in [0, 0.1) is 10.1 Å². The fourth-order valence-corrected chi connectivity index (χ4v) is 3.15. The Kier molecular flexibility index (Phi) is 4.71. The van der Waals surface area contributed by atoms with E-state index in [2.05, 4.69) is 15.6 Å². The number of nitrogens with one attached hydrogen (secondary N) is 2. The van der Waals surface area contributed by atoms with Gasteiger partial charge in [0.25, 0.3) is 5.69 Å². The SMILES string of the molecule is O=C([C@H]1CCCCN1)N1CCC(Nc2ccc([N+](=O)[O-])cn2)C1. The highest BCUT2D eigenvalue weighted by Gasteiger charge is 2.31. The highest BCUT2D eigenvalue weighted by atomic mass is 16.6. The first kappa shape index (κ1) is 15.7. The van der Waals surface area contributed by atoms with Gasteiger partial charge in [-0.1, -0.05) is 6.42 Å². The Morgan fingerprint density at radius 3 is 2.91 bits per heavy atom. The van der Waals surface area contributed by atoms with Gasteiger partial charge in [-0.25, -0.2) is 4.98 Å². The van der Waals surface area contributed by atoms with E-state index in [1.165, 1.54) is 12.3 Å². The van der Waals surface area contributed by atoms with Gasteiger partial charge in [0.2, 0.25) is 5.91 Å². The topological polar surface area (TPSA) is 100 Å². The smallest absolute Gasteiger partial charge is 0.287 e. The number of rotatable bonds is 4. The molecule has 1 amide bonds. The summed E-state index contributed by atoms with van der Waals surface area (Å²) in [6, 6.07) is 3.13. The van der Waals surface area contributed by atoms with Crippen LogP contribution in [0.4, 0.5) is 11.5 Å². The fraction of sp³-hybridized carbons (Fsp3) is 0.600. The Morgan fingerprint density at radius 1 is 1.39 bits per heavy atom. The average molecular weight is 319 g/mol. The molecule has 2 aliphatic heterocycles. The van der Waals surface area contributed by atoms with E-state index in [1.807, 2.05) is 4.90 Å². The van der Waals surface area contributed by atoms with Gasteiger partial charge >= 0.3 is 0 Å². The highest BCUT2D eigenvalue weighted by molar-refractivity contribution is 5.82. The molecule has 2 N–H and O–H groups in total. The molecule has 0 aliphatic carbocycles. The van der Waals surface area contributed by atoms with Crippen molar-refractivity contribution in [2.24, 2.45) is 0 Å². The van der Waals surface area contributed by atoms with Crippen molar-refractivity contribution in [1.82, 2.24) is 15.2 Å². The van der Waals surface area contributed by atoms with Crippen molar-refractivity contribution in [2.45, 2.75) is 37.8 Å². The number of likely N-dealkylation sites (tertiary alicyclic amines) is 1. The zero-order valence-corrected chi connectivity index (χ0v) is 12.9. The van der Waals surface area contributed by atoms with Crippen LogP contribution in [-0.2, 0) is 4.79 Å². The number of anilines is 1. The predicted molar refractivity (Wildman–Crippen MR) is 85.1 cm³/mol. The third-order valence-corrected chi connectivity index (χ3v) is 4.42. The minimum Gasteiger partial charge on any atom is -0.365 e. The summed E-state index contributed by atoms with van der Waals surface area (Å²) in [6.07, 6.45) is 5.26. The molecule has 8 nitrogen and oxygen atoms in total. The molecule has 2 aliphatic rings. The van der Waals surface area contributed by atoms with Crippen molar-refractivity contribution in [1.29, 1.82) is 0 Å². The van der Waals surface area contributed by atoms with Crippen LogP contribution in [-0.4, -0.2) is 52.4 Å². The Balaban J connectivity index is 1.53. The number of aromatic nitrogens is 1. The lowest BCUT2D eigenvalue weighted by atomic mass is 10.0. The Labute approximate surface area is 134 Å². The quantitative estimate of drug-likeness (QED) is 0.638. The van der Waals surface area contributed by atoms with E-state index in [9.17, 15) is 14.9 Å². The molecule has 0 spiro atoms. The van der Waals surface area contributed by atoms with Crippen LogP contribution in [0.25, 0.3) is 0 Å². The first-order valence-corrected chi connectivity index (χ1v) is 8.02. The van der Waals surface area contributed by atoms with Gasteiger partial charge in [-0.05, 0) is 31.9 Å². The first-order valence-electron chi connectivity index (χ1n) is 8.02. The second kappa shape index (κ2) is 6.91. The van der Waals surface area contributed by atoms with Gasteiger partial charge in [-0.2, -0.15) is 0 Å². The molecular weight excluding hydrogens is 298 g/mol. The van der Waals surface area contributed by atoms with Crippen molar-refractivity contribution in [3.63, 3.8) is 0 Å². The number of pyridine rings is 1. The van der Waals surface area contributed by atoms with Crippen LogP contribution < -0.4 is 10.6 Å². The number of nitrogens with zero attached hydrogens (tertiary/aromatic N) is 3. The second-order valence-corrected chi connectivity index (χ2v) is 6.08. The van der Waals surface area contributed by atoms with Crippen LogP contribution in [0.15, 0.2) is 18.3 Å². The number of hydrogen-bond acceptors (Lipinski definition) is 6. The number of carbonyl (C=O) groups excluding carboxylic acids is 1. The van der Waals surface area contributed by atoms with Gasteiger partial charge in [0.1, 0.15) is 12.0 Å². The van der Waals surface area contributed by atoms with E-state index in [0.717, 1.165) is 38.8 Å². The predicted octanol–water partition coefficient (Wildman–Crippen LogP) is 1.14. The number of amides is 1. The zero-order valence-electron chi connectivity index (χ0n) is 12.9. The summed E-state index contributed by atoms with van der Waals surface area (Å²) < 4.78 is 0. The molecule has 0 bridgehead atoms. The summed E-state index contributed by atoms with van der Waals surface area (Å²) in [5.41, 5.74) is -0.0258. The molecule has 8 heteroatoms. The maximum atomic E-state index is 12.5. The minimum absolute atomic E-state index is 0.0258. The Bertz CT molecular complexity index is 571. The fourth-order valence-electron chi connectivity index (χ4n) is 3.15. The number of nitro groups is 1. The monoisotopic (exact) mass is 319 g/mol. The molecule has 1 aromatic heterocycles. The molecule has 3 heterocycles. The van der Waals surface area contributed by atoms with Crippen LogP contribution in [0.3, 0.4) is 0 Å². The third kappa shape index (κ3) is 3.76. The van der Waals surface area contributed by atoms with Gasteiger partial charge in [0, 0.05) is 25.2 Å². The van der Waals surface area contributed by atoms with E-state index in [0.29, 0.717) is 12.4 Å². The van der Waals surface area contributed by atoms with Crippen molar-refractivity contribution in [3.8, 4) is 0 Å². The van der Waals surface area contributed by atoms with Crippen molar-refractivity contribution in [2.75, 3.05) is 25.0 Å². The Morgan fingerprint density at radius 2 is 2.26 bits per heavy atom. The first-order chi connectivity index (χ1) is 11.1. The molecule has 1 unspecified atom stereocenters. The minimum atomic E-state index is -0.468. The zero-order chi connectivity index (χ0) is 16.2. The average Bonchev–Trinajstić information content (AvgIpc) is 3.04. The summed E-state index contributed by atoms with van der Waals surface area (Å²) in [6.45, 7) is 2.30. The molecule has 2 atom stereocenters. The molecule has 2 saturated heterocycles.